The van der Waals surface area contributed by atoms with Gasteiger partial charge in [-0.3, -0.25) is 0 Å². The summed E-state index contributed by atoms with van der Waals surface area (Å²) in [6.45, 7) is 8.40. The maximum atomic E-state index is 5.58. The van der Waals surface area contributed by atoms with E-state index in [1.807, 2.05) is 6.92 Å². The summed E-state index contributed by atoms with van der Waals surface area (Å²) in [7, 11) is 0. The predicted molar refractivity (Wildman–Crippen MR) is 75.2 cm³/mol. The number of aryl methyl sites for hydroxylation is 1. The van der Waals surface area contributed by atoms with Crippen molar-refractivity contribution in [2.45, 2.75) is 40.2 Å². The Kier molecular flexibility index (Phi) is 4.81. The van der Waals surface area contributed by atoms with Crippen LogP contribution < -0.4 is 11.1 Å². The van der Waals surface area contributed by atoms with Gasteiger partial charge in [-0.15, -0.1) is 0 Å². The van der Waals surface area contributed by atoms with Crippen LogP contribution in [0.15, 0.2) is 6.07 Å². The summed E-state index contributed by atoms with van der Waals surface area (Å²) < 4.78 is 0. The molecule has 0 radical (unpaired) electrons. The number of aromatic nitrogens is 2. The van der Waals surface area contributed by atoms with Crippen LogP contribution >= 0.6 is 12.2 Å². The molecule has 0 saturated carbocycles. The zero-order valence-electron chi connectivity index (χ0n) is 10.8. The number of thiocarbonyl (C=S) groups is 1. The van der Waals surface area contributed by atoms with Crippen molar-refractivity contribution < 1.29 is 0 Å². The molecule has 1 atom stereocenters. The highest BCUT2D eigenvalue weighted by atomic mass is 32.1. The molecule has 1 rings (SSSR count). The molecule has 0 aliphatic rings. The summed E-state index contributed by atoms with van der Waals surface area (Å²) in [5.74, 6) is 1.23. The van der Waals surface area contributed by atoms with Crippen molar-refractivity contribution in [2.24, 2.45) is 11.7 Å². The number of anilines is 1. The molecular formula is C12H20N4S. The van der Waals surface area contributed by atoms with Gasteiger partial charge in [-0.1, -0.05) is 26.1 Å². The first-order chi connectivity index (χ1) is 7.88. The van der Waals surface area contributed by atoms with E-state index in [1.54, 1.807) is 6.07 Å². The molecule has 5 heteroatoms. The monoisotopic (exact) mass is 252 g/mol. The molecular weight excluding hydrogens is 232 g/mol. The van der Waals surface area contributed by atoms with Gasteiger partial charge in [0, 0.05) is 11.7 Å². The first-order valence-electron chi connectivity index (χ1n) is 5.80. The van der Waals surface area contributed by atoms with Gasteiger partial charge in [0.1, 0.15) is 10.7 Å². The van der Waals surface area contributed by atoms with Gasteiger partial charge in [0.25, 0.3) is 0 Å². The van der Waals surface area contributed by atoms with E-state index in [9.17, 15) is 0 Å². The average molecular weight is 252 g/mol. The predicted octanol–water partition coefficient (Wildman–Crippen LogP) is 2.27. The molecule has 0 spiro atoms. The lowest BCUT2D eigenvalue weighted by Gasteiger charge is -2.16. The highest BCUT2D eigenvalue weighted by molar-refractivity contribution is 7.80. The summed E-state index contributed by atoms with van der Waals surface area (Å²) in [5.41, 5.74) is 7.06. The normalized spacial score (nSPS) is 12.5. The van der Waals surface area contributed by atoms with Gasteiger partial charge in [0.15, 0.2) is 0 Å². The Bertz CT molecular complexity index is 403. The average Bonchev–Trinajstić information content (AvgIpc) is 2.14. The Morgan fingerprint density at radius 1 is 1.41 bits per heavy atom. The van der Waals surface area contributed by atoms with E-state index < -0.39 is 0 Å². The van der Waals surface area contributed by atoms with Crippen LogP contribution in [0.3, 0.4) is 0 Å². The molecule has 4 nitrogen and oxygen atoms in total. The van der Waals surface area contributed by atoms with Crippen LogP contribution in [-0.4, -0.2) is 21.0 Å². The minimum Gasteiger partial charge on any atom is -0.388 e. The Morgan fingerprint density at radius 3 is 2.59 bits per heavy atom. The highest BCUT2D eigenvalue weighted by Gasteiger charge is 2.09. The van der Waals surface area contributed by atoms with Gasteiger partial charge in [-0.25, -0.2) is 9.97 Å². The minimum atomic E-state index is 0.301. The van der Waals surface area contributed by atoms with Crippen LogP contribution in [-0.2, 0) is 0 Å². The second-order valence-electron chi connectivity index (χ2n) is 4.76. The Morgan fingerprint density at radius 2 is 2.06 bits per heavy atom. The maximum Gasteiger partial charge on any atom is 0.223 e. The topological polar surface area (TPSA) is 63.8 Å². The number of nitrogens with zero attached hydrogens (tertiary/aromatic N) is 2. The van der Waals surface area contributed by atoms with E-state index >= 15 is 0 Å². The second kappa shape index (κ2) is 5.91. The van der Waals surface area contributed by atoms with E-state index in [4.69, 9.17) is 18.0 Å². The summed E-state index contributed by atoms with van der Waals surface area (Å²) >= 11 is 4.92. The Balaban J connectivity index is 2.80. The molecule has 17 heavy (non-hydrogen) atoms. The molecule has 0 fully saturated rings. The third-order valence-corrected chi connectivity index (χ3v) is 2.52. The molecule has 0 saturated heterocycles. The van der Waals surface area contributed by atoms with Crippen LogP contribution in [0.1, 0.15) is 38.6 Å². The van der Waals surface area contributed by atoms with Crippen molar-refractivity contribution in [3.05, 3.63) is 17.5 Å². The number of hydrogen-bond donors (Lipinski definition) is 2. The molecule has 0 amide bonds. The fraction of sp³-hybridized carbons (Fsp3) is 0.583. The molecule has 94 valence electrons. The van der Waals surface area contributed by atoms with Crippen molar-refractivity contribution in [1.82, 2.24) is 9.97 Å². The number of hydrogen-bond acceptors (Lipinski definition) is 4. The van der Waals surface area contributed by atoms with E-state index in [-0.39, 0.29) is 0 Å². The zero-order valence-corrected chi connectivity index (χ0v) is 11.6. The Labute approximate surface area is 108 Å². The lowest BCUT2D eigenvalue weighted by molar-refractivity contribution is 0.537. The van der Waals surface area contributed by atoms with Gasteiger partial charge in [0.2, 0.25) is 5.95 Å². The number of nitrogens with two attached hydrogens (primary N) is 1. The standard InChI is InChI=1S/C12H20N4S/c1-7(2)5-8(3)14-12-15-9(4)6-10(16-12)11(13)17/h6-8H,5H2,1-4H3,(H2,13,17)(H,14,15,16). The van der Waals surface area contributed by atoms with Gasteiger partial charge in [-0.2, -0.15) is 0 Å². The Hall–Kier alpha value is -1.23. The van der Waals surface area contributed by atoms with E-state index in [1.165, 1.54) is 0 Å². The molecule has 0 aromatic carbocycles. The SMILES string of the molecule is Cc1cc(C(N)=S)nc(NC(C)CC(C)C)n1. The van der Waals surface area contributed by atoms with Gasteiger partial charge in [-0.05, 0) is 32.3 Å². The third kappa shape index (κ3) is 4.65. The first-order valence-corrected chi connectivity index (χ1v) is 6.21. The maximum absolute atomic E-state index is 5.58. The molecule has 0 aliphatic heterocycles. The van der Waals surface area contributed by atoms with Gasteiger partial charge < -0.3 is 11.1 Å². The van der Waals surface area contributed by atoms with E-state index in [2.05, 4.69) is 36.1 Å². The molecule has 3 N–H and O–H groups in total. The molecule has 1 aromatic rings. The highest BCUT2D eigenvalue weighted by Crippen LogP contribution is 2.10. The van der Waals surface area contributed by atoms with E-state index in [0.717, 1.165) is 12.1 Å². The quantitative estimate of drug-likeness (QED) is 0.787. The number of nitrogens with one attached hydrogen (secondary N) is 1. The number of rotatable bonds is 5. The molecule has 1 heterocycles. The van der Waals surface area contributed by atoms with Crippen LogP contribution in [0.5, 0.6) is 0 Å². The largest absolute Gasteiger partial charge is 0.388 e. The summed E-state index contributed by atoms with van der Waals surface area (Å²) in [4.78, 5) is 8.92. The van der Waals surface area contributed by atoms with Gasteiger partial charge in [0.05, 0.1) is 0 Å². The molecule has 0 bridgehead atoms. The van der Waals surface area contributed by atoms with Crippen LogP contribution in [0.25, 0.3) is 0 Å². The van der Waals surface area contributed by atoms with Gasteiger partial charge >= 0.3 is 0 Å². The van der Waals surface area contributed by atoms with Crippen LogP contribution in [0.2, 0.25) is 0 Å². The lowest BCUT2D eigenvalue weighted by atomic mass is 10.1. The van der Waals surface area contributed by atoms with Crippen LogP contribution in [0.4, 0.5) is 5.95 Å². The first kappa shape index (κ1) is 13.8. The van der Waals surface area contributed by atoms with Crippen molar-refractivity contribution in [1.29, 1.82) is 0 Å². The molecule has 1 aromatic heterocycles. The third-order valence-electron chi connectivity index (χ3n) is 2.31. The van der Waals surface area contributed by atoms with E-state index in [0.29, 0.717) is 28.6 Å². The zero-order chi connectivity index (χ0) is 13.0. The van der Waals surface area contributed by atoms with Crippen LogP contribution in [0, 0.1) is 12.8 Å². The summed E-state index contributed by atoms with van der Waals surface area (Å²) in [5, 5.41) is 3.27. The van der Waals surface area contributed by atoms with Crippen molar-refractivity contribution >= 4 is 23.2 Å². The fourth-order valence-corrected chi connectivity index (χ4v) is 1.85. The minimum absolute atomic E-state index is 0.301. The lowest BCUT2D eigenvalue weighted by Crippen LogP contribution is -2.21. The summed E-state index contributed by atoms with van der Waals surface area (Å²) in [6.07, 6.45) is 1.07. The van der Waals surface area contributed by atoms with Crippen molar-refractivity contribution in [3.63, 3.8) is 0 Å². The summed E-state index contributed by atoms with van der Waals surface area (Å²) in [6, 6.07) is 2.12. The second-order valence-corrected chi connectivity index (χ2v) is 5.20. The smallest absolute Gasteiger partial charge is 0.223 e. The molecule has 1 unspecified atom stereocenters. The van der Waals surface area contributed by atoms with Crippen molar-refractivity contribution in [2.75, 3.05) is 5.32 Å². The molecule has 0 aliphatic carbocycles. The fourth-order valence-electron chi connectivity index (χ4n) is 1.75. The van der Waals surface area contributed by atoms with Crippen molar-refractivity contribution in [3.8, 4) is 0 Å².